The van der Waals surface area contributed by atoms with Crippen molar-refractivity contribution in [1.29, 1.82) is 0 Å². The van der Waals surface area contributed by atoms with Gasteiger partial charge in [-0.1, -0.05) is 105 Å². The molecule has 0 nitrogen and oxygen atoms in total. The molecule has 0 saturated heterocycles. The fourth-order valence-corrected chi connectivity index (χ4v) is 5.29. The molecule has 1 aliphatic rings. The van der Waals surface area contributed by atoms with E-state index in [9.17, 15) is 0 Å². The van der Waals surface area contributed by atoms with Crippen molar-refractivity contribution in [1.82, 2.24) is 0 Å². The van der Waals surface area contributed by atoms with Crippen molar-refractivity contribution >= 4 is 8.19 Å². The Labute approximate surface area is 149 Å². The van der Waals surface area contributed by atoms with Crippen molar-refractivity contribution in [3.8, 4) is 10.9 Å². The van der Waals surface area contributed by atoms with Crippen LogP contribution < -0.4 is 0 Å². The lowest BCUT2D eigenvalue weighted by molar-refractivity contribution is 0.769. The molecule has 1 heterocycles. The van der Waals surface area contributed by atoms with Gasteiger partial charge in [-0.15, -0.1) is 0 Å². The molecular formula is C24H17P. The molecule has 0 saturated carbocycles. The number of rotatable bonds is 2. The Kier molecular flexibility index (Phi) is 3.33. The van der Waals surface area contributed by atoms with Gasteiger partial charge in [-0.05, 0) is 33.6 Å². The molecule has 0 fully saturated rings. The van der Waals surface area contributed by atoms with Gasteiger partial charge in [0.15, 0.2) is 0 Å². The molecule has 3 aromatic carbocycles. The van der Waals surface area contributed by atoms with E-state index in [0.717, 1.165) is 0 Å². The highest BCUT2D eigenvalue weighted by Crippen LogP contribution is 2.57. The Bertz CT molecular complexity index is 949. The number of hydrogen-bond acceptors (Lipinski definition) is 0. The third-order valence-corrected chi connectivity index (χ3v) is 6.27. The molecule has 0 aliphatic heterocycles. The third kappa shape index (κ3) is 1.98. The van der Waals surface area contributed by atoms with Crippen LogP contribution in [0, 0.1) is 0 Å². The Balaban J connectivity index is 1.98. The molecule has 0 bridgehead atoms. The van der Waals surface area contributed by atoms with Crippen molar-refractivity contribution in [3.05, 3.63) is 125 Å². The molecule has 118 valence electrons. The first-order valence-electron chi connectivity index (χ1n) is 8.59. The van der Waals surface area contributed by atoms with E-state index in [-0.39, 0.29) is 5.41 Å². The standard InChI is InChI=1S/C24H17P/c1-3-10-18(11-4-1)24(19-12-5-2-6-13-19)21-15-8-7-14-20(21)23-22(24)16-9-17-25-23/h1-17H. The first-order chi connectivity index (χ1) is 12.4. The van der Waals surface area contributed by atoms with Gasteiger partial charge in [0.1, 0.15) is 0 Å². The van der Waals surface area contributed by atoms with Gasteiger partial charge in [0.2, 0.25) is 0 Å². The predicted molar refractivity (Wildman–Crippen MR) is 106 cm³/mol. The zero-order valence-electron chi connectivity index (χ0n) is 13.8. The average molecular weight is 336 g/mol. The molecule has 5 rings (SSSR count). The Morgan fingerprint density at radius 2 is 1.08 bits per heavy atom. The quantitative estimate of drug-likeness (QED) is 0.339. The van der Waals surface area contributed by atoms with E-state index in [1.54, 1.807) is 0 Å². The van der Waals surface area contributed by atoms with Gasteiger partial charge < -0.3 is 0 Å². The maximum absolute atomic E-state index is 2.31. The summed E-state index contributed by atoms with van der Waals surface area (Å²) in [6.45, 7) is 0. The van der Waals surface area contributed by atoms with Crippen molar-refractivity contribution in [2.75, 3.05) is 0 Å². The molecule has 0 atom stereocenters. The molecular weight excluding hydrogens is 319 g/mol. The van der Waals surface area contributed by atoms with Gasteiger partial charge in [0.05, 0.1) is 5.41 Å². The minimum atomic E-state index is -0.230. The average Bonchev–Trinajstić information content (AvgIpc) is 3.01. The summed E-state index contributed by atoms with van der Waals surface area (Å²) < 4.78 is 0. The second kappa shape index (κ2) is 5.69. The second-order valence-electron chi connectivity index (χ2n) is 6.43. The Hall–Kier alpha value is -2.69. The smallest absolute Gasteiger partial charge is 0.0675 e. The maximum atomic E-state index is 2.31. The Morgan fingerprint density at radius 1 is 0.520 bits per heavy atom. The van der Waals surface area contributed by atoms with Gasteiger partial charge in [0, 0.05) is 5.30 Å². The summed E-state index contributed by atoms with van der Waals surface area (Å²) in [6.07, 6.45) is 0. The topological polar surface area (TPSA) is 0 Å². The minimum absolute atomic E-state index is 0.230. The first kappa shape index (κ1) is 14.6. The molecule has 1 heteroatoms. The van der Waals surface area contributed by atoms with Crippen molar-refractivity contribution < 1.29 is 0 Å². The number of benzene rings is 3. The van der Waals surface area contributed by atoms with Crippen molar-refractivity contribution in [3.63, 3.8) is 0 Å². The SMILES string of the molecule is c1ccc(C2(c3ccccc3)c3ccccc3-c3pcccc32)cc1. The molecule has 25 heavy (non-hydrogen) atoms. The molecule has 1 aromatic heterocycles. The fourth-order valence-electron chi connectivity index (χ4n) is 4.25. The van der Waals surface area contributed by atoms with Crippen LogP contribution in [0.25, 0.3) is 10.9 Å². The maximum Gasteiger partial charge on any atom is 0.0717 e. The van der Waals surface area contributed by atoms with E-state index in [1.807, 2.05) is 0 Å². The van der Waals surface area contributed by atoms with Crippen LogP contribution in [-0.2, 0) is 5.41 Å². The van der Waals surface area contributed by atoms with Gasteiger partial charge in [-0.25, -0.2) is 0 Å². The normalized spacial score (nSPS) is 14.2. The summed E-state index contributed by atoms with van der Waals surface area (Å²) in [5.74, 6) is 2.24. The van der Waals surface area contributed by atoms with Crippen LogP contribution in [0.5, 0.6) is 0 Å². The van der Waals surface area contributed by atoms with E-state index >= 15 is 0 Å². The molecule has 1 aliphatic carbocycles. The zero-order chi connectivity index (χ0) is 16.7. The minimum Gasteiger partial charge on any atom is -0.0675 e. The molecule has 4 aromatic rings. The first-order valence-corrected chi connectivity index (χ1v) is 9.55. The highest BCUT2D eigenvalue weighted by molar-refractivity contribution is 7.33. The highest BCUT2D eigenvalue weighted by Gasteiger charge is 2.45. The molecule has 0 spiro atoms. The third-order valence-electron chi connectivity index (χ3n) is 5.21. The summed E-state index contributed by atoms with van der Waals surface area (Å²) in [6, 6.07) is 35.3. The van der Waals surface area contributed by atoms with Crippen LogP contribution in [0.4, 0.5) is 0 Å². The molecule has 0 amide bonds. The van der Waals surface area contributed by atoms with Crippen LogP contribution >= 0.6 is 8.19 Å². The monoisotopic (exact) mass is 336 g/mol. The summed E-state index contributed by atoms with van der Waals surface area (Å²) in [7, 11) is 1.28. The van der Waals surface area contributed by atoms with Crippen molar-refractivity contribution in [2.45, 2.75) is 5.41 Å². The highest BCUT2D eigenvalue weighted by atomic mass is 31.0. The molecule has 0 radical (unpaired) electrons. The van der Waals surface area contributed by atoms with Gasteiger partial charge >= 0.3 is 0 Å². The lowest BCUT2D eigenvalue weighted by Gasteiger charge is -2.33. The summed E-state index contributed by atoms with van der Waals surface area (Å²) >= 11 is 0. The second-order valence-corrected chi connectivity index (χ2v) is 7.43. The van der Waals surface area contributed by atoms with E-state index in [4.69, 9.17) is 0 Å². The van der Waals surface area contributed by atoms with Crippen LogP contribution in [0.15, 0.2) is 103 Å². The van der Waals surface area contributed by atoms with Gasteiger partial charge in [0.25, 0.3) is 0 Å². The predicted octanol–water partition coefficient (Wildman–Crippen LogP) is 6.63. The zero-order valence-corrected chi connectivity index (χ0v) is 14.7. The van der Waals surface area contributed by atoms with Crippen LogP contribution in [0.1, 0.15) is 22.3 Å². The van der Waals surface area contributed by atoms with E-state index in [2.05, 4.69) is 103 Å². The summed E-state index contributed by atoms with van der Waals surface area (Å²) in [5.41, 5.74) is 6.63. The number of fused-ring (bicyclic) bond motifs is 3. The van der Waals surface area contributed by atoms with E-state index in [1.165, 1.54) is 41.3 Å². The lowest BCUT2D eigenvalue weighted by atomic mass is 9.68. The summed E-state index contributed by atoms with van der Waals surface area (Å²) in [5, 5.41) is 1.44. The van der Waals surface area contributed by atoms with Crippen LogP contribution in [0.2, 0.25) is 0 Å². The lowest BCUT2D eigenvalue weighted by Crippen LogP contribution is -2.28. The molecule has 0 N–H and O–H groups in total. The van der Waals surface area contributed by atoms with Gasteiger partial charge in [-0.2, -0.15) is 0 Å². The van der Waals surface area contributed by atoms with Gasteiger partial charge in [-0.3, -0.25) is 0 Å². The summed E-state index contributed by atoms with van der Waals surface area (Å²) in [4.78, 5) is 0. The van der Waals surface area contributed by atoms with E-state index < -0.39 is 0 Å². The molecule has 0 unspecified atom stereocenters. The fraction of sp³-hybridized carbons (Fsp3) is 0.0417. The van der Waals surface area contributed by atoms with Crippen LogP contribution in [0.3, 0.4) is 0 Å². The largest absolute Gasteiger partial charge is 0.0717 e. The number of hydrogen-bond donors (Lipinski definition) is 0. The van der Waals surface area contributed by atoms with E-state index in [0.29, 0.717) is 0 Å². The van der Waals surface area contributed by atoms with Crippen LogP contribution in [-0.4, -0.2) is 0 Å². The van der Waals surface area contributed by atoms with Crippen molar-refractivity contribution in [2.24, 2.45) is 0 Å². The Morgan fingerprint density at radius 3 is 1.76 bits per heavy atom.